The first kappa shape index (κ1) is 122. The van der Waals surface area contributed by atoms with Crippen LogP contribution in [0.1, 0.15) is 81.4 Å². The quantitative estimate of drug-likeness (QED) is 0.00781. The number of hydrogen-bond acceptors (Lipinski definition) is 23. The van der Waals surface area contributed by atoms with Gasteiger partial charge in [0.1, 0.15) is 21.4 Å². The molecule has 0 atom stereocenters. The van der Waals surface area contributed by atoms with E-state index in [4.69, 9.17) is 187 Å². The molecule has 5 heterocycles. The van der Waals surface area contributed by atoms with Crippen molar-refractivity contribution in [1.29, 1.82) is 5.53 Å². The number of nitrogen functional groups attached to an aromatic ring is 2. The summed E-state index contributed by atoms with van der Waals surface area (Å²) in [6.07, 6.45) is 3.76. The Morgan fingerprint density at radius 2 is 0.822 bits per heavy atom. The highest BCUT2D eigenvalue weighted by Crippen LogP contribution is 2.40. The number of rotatable bonds is 23. The topological polar surface area (TPSA) is 503 Å². The number of pyridine rings is 5. The number of nitrogens with two attached hydrogens (primary N) is 3. The van der Waals surface area contributed by atoms with Crippen molar-refractivity contribution in [3.63, 3.8) is 0 Å². The Morgan fingerprint density at radius 3 is 1.19 bits per heavy atom. The Labute approximate surface area is 816 Å². The number of fused-ring (bicyclic) bond motifs is 5. The molecule has 704 valence electrons. The predicted octanol–water partition coefficient (Wildman–Crippen LogP) is 26.1. The van der Waals surface area contributed by atoms with Gasteiger partial charge >= 0.3 is 17.1 Å². The van der Waals surface area contributed by atoms with E-state index in [2.05, 4.69) is 128 Å². The second-order valence-electron chi connectivity index (χ2n) is 25.0. The van der Waals surface area contributed by atoms with Gasteiger partial charge in [-0.1, -0.05) is 187 Å². The lowest BCUT2D eigenvalue weighted by Crippen LogP contribution is -2.28. The number of likely N-dealkylation sites (N-methyl/N-ethyl adjacent to an activating group) is 3. The third-order valence-electron chi connectivity index (χ3n) is 14.8. The maximum Gasteiger partial charge on any atom is 0.313 e. The SMILES string of the molecule is C.C.C.C=Cc1ccc2c(Cl)cc(Cl)c([N+](=O)[O-])c2n1.CC.CC=O.CCO.CN(C)CCN.CN(C)CCNCCc1ccc2c(Cl)cc(Cl)c(N)c2n1.CN(C)CCNCCc1ccc2c(Cl)cc(Cl)c([N+](=O)[O-])c2n1.Cc1ccc2c(Cl)cc(Cl)c([N+](=O)[O-])c2n1.Cc1ccc2c(Cl)cc(Cl)cc2n1.N=N/N=N/N=N/N=N/N=N/N=NCl.Nc1cc(Cl)cc(Cl)c1.[2H][3H]. The molecule has 36 nitrogen and oxygen atoms in total. The lowest BCUT2D eigenvalue weighted by molar-refractivity contribution is -0.383. The minimum Gasteiger partial charge on any atom is -0.399 e. The van der Waals surface area contributed by atoms with Crippen molar-refractivity contribution in [3.05, 3.63) is 241 Å². The lowest BCUT2D eigenvalue weighted by Gasteiger charge is -2.11. The maximum atomic E-state index is 11.2. The smallest absolute Gasteiger partial charge is 0.313 e. The van der Waals surface area contributed by atoms with Crippen LogP contribution in [0.2, 0.25) is 60.3 Å². The highest BCUT2D eigenvalue weighted by atomic mass is 35.5. The second kappa shape index (κ2) is 68.7. The molecule has 11 aromatic rings. The predicted molar refractivity (Wildman–Crippen MR) is 535 cm³/mol. The molecule has 0 radical (unpaired) electrons. The second-order valence-corrected chi connectivity index (χ2v) is 30.1. The van der Waals surface area contributed by atoms with Crippen molar-refractivity contribution >= 4 is 246 Å². The molecule has 6 aromatic carbocycles. The summed E-state index contributed by atoms with van der Waals surface area (Å²) in [6, 6.07) is 32.4. The Kier molecular flexibility index (Phi) is 64.8. The zero-order chi connectivity index (χ0) is 97.3. The number of carbonyl (C=O) groups excluding carboxylic acids is 1. The Balaban J connectivity index is -0.000000704. The highest BCUT2D eigenvalue weighted by molar-refractivity contribution is 6.43. The highest BCUT2D eigenvalue weighted by Gasteiger charge is 2.24. The number of aromatic nitrogens is 5. The fraction of sp³-hybridized carbons (Fsp3) is 0.325. The van der Waals surface area contributed by atoms with E-state index in [1.165, 1.54) is 31.2 Å². The molecule has 0 aliphatic rings. The third kappa shape index (κ3) is 46.4. The zero-order valence-corrected chi connectivity index (χ0v) is 79.7. The van der Waals surface area contributed by atoms with Crippen molar-refractivity contribution < 1.29 is 27.6 Å². The summed E-state index contributed by atoms with van der Waals surface area (Å²) in [7, 11) is 12.2. The van der Waals surface area contributed by atoms with Crippen LogP contribution in [0.5, 0.6) is 0 Å². The molecule has 0 fully saturated rings. The van der Waals surface area contributed by atoms with E-state index < -0.39 is 14.8 Å². The van der Waals surface area contributed by atoms with Gasteiger partial charge in [0.15, 0.2) is 16.6 Å². The van der Waals surface area contributed by atoms with Gasteiger partial charge < -0.3 is 52.4 Å². The number of anilines is 2. The number of nitrogens with one attached hydrogen (secondary N) is 3. The first-order valence-electron chi connectivity index (χ1n) is 37.7. The van der Waals surface area contributed by atoms with Crippen LogP contribution in [0.4, 0.5) is 28.4 Å². The molecule has 0 aliphatic carbocycles. The fourth-order valence-corrected chi connectivity index (χ4v) is 12.9. The standard InChI is InChI=1S/C15H18Cl2N4O2.C15H20Cl2N4.C11H6Cl2N2O2.C10H6Cl2N2O2.C10H7Cl2N.C6H5Cl2N.C4H12N2.C2H6O.C2H4O.C2H6.3CH4.ClHN12.H2/c1-20(2)8-7-18-6-5-10-3-4-11-12(16)9-13(17)15(21(22)23)14(11)19-10;1-21(2)8-7-19-6-5-10-3-4-11-12(16)9-13(17)14(18)15(11)20-10;1-2-6-3-4-7-8(12)5-9(13)11(15(16)17)10(7)14-6;1-5-2-3-6-7(11)4-8(12)10(14(15)16)9(6)13-5;1-6-2-3-8-9(12)4-7(11)5-10(8)13-6;7-4-1-5(8)3-6(9)2-4;1-6(2)4-3-5;2*1-2-3;1-2;;;;1-3-5-7-9-11-13-12-10-8-6-4-2;/h3-4,9,18H,5-8H2,1-2H3;3-4,9,19H,5-8,18H2,1-2H3;2-5H,1H2;2-4H,1H3;2-5H,1H3;1-3H,9H2;3-5H2,1-2H3;3H,2H2,1H3;2H,1H3;1-2H3;3*1H4;2H;1H/b;;;;;;;;;;;;;4-2?,5-3?,8-6+,9-7+,12-10+,13-11+;/i;;;;;;;;;;;;;;1+2D. The molecule has 0 unspecified atom stereocenters. The molecule has 10 N–H and O–H groups in total. The molecule has 0 spiro atoms. The van der Waals surface area contributed by atoms with E-state index in [9.17, 15) is 30.3 Å². The zero-order valence-electron chi connectivity index (χ0n) is 71.9. The van der Waals surface area contributed by atoms with Crippen LogP contribution in [0.15, 0.2) is 179 Å². The van der Waals surface area contributed by atoms with Crippen LogP contribution >= 0.6 is 151 Å². The summed E-state index contributed by atoms with van der Waals surface area (Å²) >= 11 is 75.5. The van der Waals surface area contributed by atoms with E-state index in [1.807, 2.05) is 85.4 Å². The Morgan fingerprint density at radius 1 is 0.488 bits per heavy atom. The van der Waals surface area contributed by atoms with Crippen LogP contribution in [0.25, 0.3) is 60.6 Å². The summed E-state index contributed by atoms with van der Waals surface area (Å²) in [5.41, 5.74) is 29.2. The van der Waals surface area contributed by atoms with Gasteiger partial charge in [-0.3, -0.25) is 40.3 Å². The number of carbonyl (C=O) groups is 1. The average molecular weight is 2050 g/mol. The monoisotopic (exact) mass is 2040 g/mol. The minimum atomic E-state index is -0.569. The number of nitro groups is 3. The third-order valence-corrected chi connectivity index (χ3v) is 18.3. The Hall–Kier alpha value is -9.33. The van der Waals surface area contributed by atoms with E-state index in [1.54, 1.807) is 74.5 Å². The summed E-state index contributed by atoms with van der Waals surface area (Å²) in [5, 5.41) is 83.7. The molecule has 0 bridgehead atoms. The van der Waals surface area contributed by atoms with E-state index >= 15 is 0 Å². The molecule has 129 heavy (non-hydrogen) atoms. The summed E-state index contributed by atoms with van der Waals surface area (Å²) in [4.78, 5) is 68.1. The van der Waals surface area contributed by atoms with Crippen LogP contribution < -0.4 is 27.8 Å². The van der Waals surface area contributed by atoms with Gasteiger partial charge in [-0.15, -0.1) is 0 Å². The molecule has 0 amide bonds. The number of benzene rings is 6. The molecule has 49 heteroatoms. The van der Waals surface area contributed by atoms with Gasteiger partial charge in [-0.05, 0) is 244 Å². The van der Waals surface area contributed by atoms with Crippen LogP contribution in [0.3, 0.4) is 0 Å². The lowest BCUT2D eigenvalue weighted by atomic mass is 10.1. The van der Waals surface area contributed by atoms with Gasteiger partial charge in [-0.2, -0.15) is 5.53 Å². The molecule has 0 aliphatic heterocycles. The van der Waals surface area contributed by atoms with Crippen molar-refractivity contribution in [1.82, 2.24) is 50.3 Å². The molecular weight excluding hydrogens is 1940 g/mol. The van der Waals surface area contributed by atoms with Gasteiger partial charge in [0.2, 0.25) is 0 Å². The van der Waals surface area contributed by atoms with Crippen LogP contribution in [-0.4, -0.2) is 167 Å². The molecule has 11 rings (SSSR count). The van der Waals surface area contributed by atoms with Gasteiger partial charge in [0.25, 0.3) is 0 Å². The number of aldehydes is 1. The normalized spacial score (nSPS) is 10.5. The average Bonchev–Trinajstić information content (AvgIpc) is 0.786. The van der Waals surface area contributed by atoms with E-state index in [0.717, 1.165) is 98.4 Å². The van der Waals surface area contributed by atoms with Crippen molar-refractivity contribution in [2.24, 2.45) is 62.6 Å². The summed E-state index contributed by atoms with van der Waals surface area (Å²) < 4.78 is 12.7. The number of halogens is 13. The number of nitro benzene ring substituents is 3. The number of aryl methyl sites for hydroxylation is 2. The number of hydrogen-bond donors (Lipinski definition) is 7. The molecule has 5 aromatic heterocycles. The molecule has 0 saturated heterocycles. The number of nitrogens with zero attached hydrogens (tertiary/aromatic N) is 22. The van der Waals surface area contributed by atoms with E-state index in [-0.39, 0.29) is 77.6 Å². The summed E-state index contributed by atoms with van der Waals surface area (Å²) in [6.45, 7) is 21.8. The largest absolute Gasteiger partial charge is 0.399 e. The van der Waals surface area contributed by atoms with Gasteiger partial charge in [0, 0.05) is 145 Å². The van der Waals surface area contributed by atoms with E-state index in [0.29, 0.717) is 96.1 Å². The van der Waals surface area contributed by atoms with Crippen molar-refractivity contribution in [2.75, 3.05) is 113 Å². The van der Waals surface area contributed by atoms with Gasteiger partial charge in [-0.25, -0.2) is 15.0 Å². The van der Waals surface area contributed by atoms with Crippen LogP contribution in [-0.2, 0) is 17.6 Å². The Bertz CT molecular complexity index is 5500. The minimum absolute atomic E-state index is 0. The van der Waals surface area contributed by atoms with Crippen molar-refractivity contribution in [2.45, 2.75) is 76.7 Å². The van der Waals surface area contributed by atoms with Gasteiger partial charge in [0.05, 0.1) is 79.1 Å². The van der Waals surface area contributed by atoms with Crippen molar-refractivity contribution in [3.8, 4) is 0 Å². The number of aliphatic hydroxyl groups excluding tert-OH is 1. The fourth-order valence-electron chi connectivity index (χ4n) is 9.49. The number of aliphatic hydroxyl groups is 1. The maximum absolute atomic E-state index is 11.2. The molecule has 0 saturated carbocycles. The van der Waals surface area contributed by atoms with Crippen LogP contribution in [0, 0.1) is 49.7 Å². The first-order chi connectivity index (χ1) is 60.8. The summed E-state index contributed by atoms with van der Waals surface area (Å²) in [5.74, 6) is 0. The first-order valence-corrected chi connectivity index (χ1v) is 41.6. The molecular formula is C80H105Cl13N28O8.